The summed E-state index contributed by atoms with van der Waals surface area (Å²) in [5.41, 5.74) is 4.61. The van der Waals surface area contributed by atoms with Gasteiger partial charge in [-0.3, -0.25) is 4.99 Å². The van der Waals surface area contributed by atoms with E-state index in [4.69, 9.17) is 0 Å². The average molecular weight is 198 g/mol. The molecule has 4 heteroatoms. The van der Waals surface area contributed by atoms with Crippen LogP contribution < -0.4 is 0 Å². The molecule has 0 amide bonds. The number of fused-ring (bicyclic) bond motifs is 7. The third kappa shape index (κ3) is 0.843. The van der Waals surface area contributed by atoms with E-state index in [-0.39, 0.29) is 6.04 Å². The van der Waals surface area contributed by atoms with E-state index >= 15 is 0 Å². The van der Waals surface area contributed by atoms with E-state index in [1.54, 1.807) is 0 Å². The SMILES string of the molecule is C1=NC2c3[nH]c(cc4nncc3-4)C2CC1. The van der Waals surface area contributed by atoms with E-state index in [0.717, 1.165) is 17.7 Å². The van der Waals surface area contributed by atoms with Gasteiger partial charge in [0.1, 0.15) is 0 Å². The molecule has 4 aliphatic rings. The third-order valence-electron chi connectivity index (χ3n) is 3.44. The van der Waals surface area contributed by atoms with Crippen LogP contribution in [0.25, 0.3) is 11.3 Å². The molecule has 0 radical (unpaired) electrons. The zero-order valence-corrected chi connectivity index (χ0v) is 8.14. The molecular formula is C11H10N4. The molecule has 4 heterocycles. The zero-order valence-electron chi connectivity index (χ0n) is 8.14. The normalized spacial score (nSPS) is 27.2. The first-order valence-corrected chi connectivity index (χ1v) is 5.29. The molecule has 0 aromatic rings. The molecule has 4 rings (SSSR count). The van der Waals surface area contributed by atoms with Crippen LogP contribution in [0, 0.1) is 0 Å². The summed E-state index contributed by atoms with van der Waals surface area (Å²) < 4.78 is 0. The van der Waals surface area contributed by atoms with Gasteiger partial charge in [0.05, 0.1) is 23.6 Å². The lowest BCUT2D eigenvalue weighted by Gasteiger charge is -2.18. The molecule has 4 nitrogen and oxygen atoms in total. The first-order valence-electron chi connectivity index (χ1n) is 5.29. The Morgan fingerprint density at radius 3 is 3.40 bits per heavy atom. The monoisotopic (exact) mass is 198 g/mol. The summed E-state index contributed by atoms with van der Waals surface area (Å²) in [4.78, 5) is 8.05. The van der Waals surface area contributed by atoms with Crippen molar-refractivity contribution in [3.8, 4) is 11.3 Å². The summed E-state index contributed by atoms with van der Waals surface area (Å²) in [5.74, 6) is 0.541. The second-order valence-electron chi connectivity index (χ2n) is 4.24. The van der Waals surface area contributed by atoms with Gasteiger partial charge in [0, 0.05) is 17.2 Å². The fourth-order valence-electron chi connectivity index (χ4n) is 2.73. The standard InChI is InChI=1S/C11H10N4/c1-2-6-8-4-9-7(5-13-15-9)11(14-8)10(6)12-3-1/h3-6,10,14H,1-2H2. The highest BCUT2D eigenvalue weighted by atomic mass is 15.1. The van der Waals surface area contributed by atoms with Gasteiger partial charge in [-0.2, -0.15) is 10.2 Å². The number of hydrogen-bond donors (Lipinski definition) is 1. The maximum Gasteiger partial charge on any atom is 0.0983 e. The van der Waals surface area contributed by atoms with Crippen LogP contribution in [0.5, 0.6) is 0 Å². The number of nitrogens with zero attached hydrogens (tertiary/aromatic N) is 3. The minimum atomic E-state index is 0.289. The summed E-state index contributed by atoms with van der Waals surface area (Å²) in [5, 5.41) is 8.07. The molecule has 0 aliphatic carbocycles. The summed E-state index contributed by atoms with van der Waals surface area (Å²) >= 11 is 0. The van der Waals surface area contributed by atoms with Crippen molar-refractivity contribution in [1.82, 2.24) is 15.2 Å². The minimum absolute atomic E-state index is 0.289. The van der Waals surface area contributed by atoms with Crippen molar-refractivity contribution in [1.29, 1.82) is 0 Å². The number of aliphatic imine (C=N–C) groups is 1. The van der Waals surface area contributed by atoms with Crippen LogP contribution >= 0.6 is 0 Å². The van der Waals surface area contributed by atoms with Gasteiger partial charge >= 0.3 is 0 Å². The second kappa shape index (κ2) is 2.45. The summed E-state index contributed by atoms with van der Waals surface area (Å²) in [6.45, 7) is 0. The Balaban J connectivity index is 2.03. The van der Waals surface area contributed by atoms with E-state index in [9.17, 15) is 0 Å². The van der Waals surface area contributed by atoms with Gasteiger partial charge in [-0.25, -0.2) is 0 Å². The predicted molar refractivity (Wildman–Crippen MR) is 56.2 cm³/mol. The van der Waals surface area contributed by atoms with Crippen molar-refractivity contribution >= 4 is 6.21 Å². The molecule has 0 saturated heterocycles. The molecule has 2 atom stereocenters. The van der Waals surface area contributed by atoms with E-state index in [0.29, 0.717) is 5.92 Å². The van der Waals surface area contributed by atoms with Crippen LogP contribution in [0.2, 0.25) is 0 Å². The van der Waals surface area contributed by atoms with Crippen molar-refractivity contribution < 1.29 is 0 Å². The maximum atomic E-state index is 4.59. The molecule has 4 aliphatic heterocycles. The lowest BCUT2D eigenvalue weighted by Crippen LogP contribution is -2.07. The number of aromatic nitrogens is 3. The first kappa shape index (κ1) is 7.56. The fourth-order valence-corrected chi connectivity index (χ4v) is 2.73. The third-order valence-corrected chi connectivity index (χ3v) is 3.44. The molecule has 0 aromatic carbocycles. The summed E-state index contributed by atoms with van der Waals surface area (Å²) in [6, 6.07) is 2.41. The second-order valence-corrected chi connectivity index (χ2v) is 4.24. The number of aromatic amines is 1. The first-order chi connectivity index (χ1) is 7.43. The Hall–Kier alpha value is -1.71. The number of H-pyrrole nitrogens is 1. The Morgan fingerprint density at radius 1 is 1.40 bits per heavy atom. The van der Waals surface area contributed by atoms with Crippen LogP contribution in [0.15, 0.2) is 17.3 Å². The van der Waals surface area contributed by atoms with Gasteiger partial charge in [-0.15, -0.1) is 0 Å². The van der Waals surface area contributed by atoms with E-state index in [1.165, 1.54) is 17.8 Å². The quantitative estimate of drug-likeness (QED) is 0.703. The highest BCUT2D eigenvalue weighted by molar-refractivity contribution is 5.68. The highest BCUT2D eigenvalue weighted by Crippen LogP contribution is 2.47. The molecule has 0 spiro atoms. The van der Waals surface area contributed by atoms with Crippen molar-refractivity contribution in [2.75, 3.05) is 0 Å². The van der Waals surface area contributed by atoms with Crippen LogP contribution in [0.3, 0.4) is 0 Å². The molecule has 74 valence electrons. The molecule has 2 unspecified atom stereocenters. The van der Waals surface area contributed by atoms with Crippen LogP contribution in [-0.2, 0) is 0 Å². The van der Waals surface area contributed by atoms with Gasteiger partial charge in [0.2, 0.25) is 0 Å². The number of pyridine rings is 1. The molecule has 0 saturated carbocycles. The Labute approximate surface area is 86.8 Å². The fraction of sp³-hybridized carbons (Fsp3) is 0.364. The maximum absolute atomic E-state index is 4.59. The predicted octanol–water partition coefficient (Wildman–Crippen LogP) is 1.91. The van der Waals surface area contributed by atoms with Crippen molar-refractivity contribution in [2.45, 2.75) is 24.8 Å². The van der Waals surface area contributed by atoms with Gasteiger partial charge in [-0.1, -0.05) is 0 Å². The minimum Gasteiger partial charge on any atom is -0.359 e. The number of rotatable bonds is 0. The van der Waals surface area contributed by atoms with Crippen molar-refractivity contribution in [3.63, 3.8) is 0 Å². The van der Waals surface area contributed by atoms with Crippen LogP contribution in [0.1, 0.15) is 36.2 Å². The van der Waals surface area contributed by atoms with E-state index in [1.807, 2.05) is 12.4 Å². The molecular weight excluding hydrogens is 188 g/mol. The van der Waals surface area contributed by atoms with Crippen LogP contribution in [0.4, 0.5) is 0 Å². The number of nitrogens with one attached hydrogen (secondary N) is 1. The smallest absolute Gasteiger partial charge is 0.0983 e. The topological polar surface area (TPSA) is 53.9 Å². The van der Waals surface area contributed by atoms with Gasteiger partial charge in [0.15, 0.2) is 0 Å². The Morgan fingerprint density at radius 2 is 2.40 bits per heavy atom. The Bertz CT molecular complexity index is 528. The summed E-state index contributed by atoms with van der Waals surface area (Å²) in [6.07, 6.45) is 6.15. The van der Waals surface area contributed by atoms with Crippen molar-refractivity contribution in [2.24, 2.45) is 4.99 Å². The van der Waals surface area contributed by atoms with E-state index in [2.05, 4.69) is 26.2 Å². The van der Waals surface area contributed by atoms with Gasteiger partial charge in [-0.05, 0) is 25.1 Å². The molecule has 2 bridgehead atoms. The van der Waals surface area contributed by atoms with Crippen LogP contribution in [-0.4, -0.2) is 21.4 Å². The lowest BCUT2D eigenvalue weighted by atomic mass is 9.91. The molecule has 1 N–H and O–H groups in total. The number of hydrogen-bond acceptors (Lipinski definition) is 3. The van der Waals surface area contributed by atoms with Gasteiger partial charge < -0.3 is 4.98 Å². The van der Waals surface area contributed by atoms with Gasteiger partial charge in [0.25, 0.3) is 0 Å². The summed E-state index contributed by atoms with van der Waals surface area (Å²) in [7, 11) is 0. The zero-order chi connectivity index (χ0) is 9.83. The lowest BCUT2D eigenvalue weighted by molar-refractivity contribution is 0.536. The molecule has 0 aromatic heterocycles. The average Bonchev–Trinajstić information content (AvgIpc) is 2.85. The molecule has 15 heavy (non-hydrogen) atoms. The van der Waals surface area contributed by atoms with Crippen molar-refractivity contribution in [3.05, 3.63) is 23.7 Å². The van der Waals surface area contributed by atoms with E-state index < -0.39 is 0 Å². The molecule has 0 fully saturated rings. The Kier molecular flexibility index (Phi) is 1.24. The highest BCUT2D eigenvalue weighted by Gasteiger charge is 2.36. The largest absolute Gasteiger partial charge is 0.359 e.